The number of hydrogen-bond donors (Lipinski definition) is 1. The van der Waals surface area contributed by atoms with Gasteiger partial charge in [0, 0.05) is 6.54 Å². The topological polar surface area (TPSA) is 12.0 Å². The van der Waals surface area contributed by atoms with Gasteiger partial charge in [0.15, 0.2) is 0 Å². The van der Waals surface area contributed by atoms with E-state index >= 15 is 0 Å². The average molecular weight is 153 g/mol. The van der Waals surface area contributed by atoms with E-state index in [0.29, 0.717) is 0 Å². The predicted molar refractivity (Wildman–Crippen MR) is 49.6 cm³/mol. The molecule has 0 radical (unpaired) electrons. The Morgan fingerprint density at radius 1 is 1.55 bits per heavy atom. The van der Waals surface area contributed by atoms with Crippen LogP contribution in [0.1, 0.15) is 33.1 Å². The van der Waals surface area contributed by atoms with Gasteiger partial charge in [-0.25, -0.2) is 0 Å². The third kappa shape index (κ3) is 4.20. The molecule has 0 aromatic heterocycles. The zero-order chi connectivity index (χ0) is 8.10. The number of rotatable bonds is 5. The van der Waals surface area contributed by atoms with Gasteiger partial charge in [-0.3, -0.25) is 0 Å². The van der Waals surface area contributed by atoms with E-state index in [1.54, 1.807) is 0 Å². The summed E-state index contributed by atoms with van der Waals surface area (Å²) < 4.78 is 0. The minimum Gasteiger partial charge on any atom is -0.313 e. The van der Waals surface area contributed by atoms with Crippen LogP contribution in [0.4, 0.5) is 0 Å². The third-order valence-corrected chi connectivity index (χ3v) is 1.97. The highest BCUT2D eigenvalue weighted by molar-refractivity contribution is 5.06. The minimum atomic E-state index is 0.929. The van der Waals surface area contributed by atoms with E-state index in [0.717, 1.165) is 19.0 Å². The maximum absolute atomic E-state index is 3.40. The summed E-state index contributed by atoms with van der Waals surface area (Å²) in [6.45, 7) is 6.66. The average Bonchev–Trinajstić information content (AvgIpc) is 2.72. The lowest BCUT2D eigenvalue weighted by Crippen LogP contribution is -2.16. The van der Waals surface area contributed by atoms with Crippen molar-refractivity contribution in [2.24, 2.45) is 5.92 Å². The van der Waals surface area contributed by atoms with Crippen molar-refractivity contribution in [3.8, 4) is 0 Å². The number of nitrogens with one attached hydrogen (secondary N) is 1. The summed E-state index contributed by atoms with van der Waals surface area (Å²) >= 11 is 0. The van der Waals surface area contributed by atoms with Crippen LogP contribution in [0.25, 0.3) is 0 Å². The lowest BCUT2D eigenvalue weighted by Gasteiger charge is -2.02. The monoisotopic (exact) mass is 153 g/mol. The largest absolute Gasteiger partial charge is 0.313 e. The maximum atomic E-state index is 3.40. The molecule has 0 aliphatic heterocycles. The molecule has 0 amide bonds. The molecule has 0 bridgehead atoms. The molecule has 0 heterocycles. The molecular formula is C10H19N. The van der Waals surface area contributed by atoms with E-state index < -0.39 is 0 Å². The summed E-state index contributed by atoms with van der Waals surface area (Å²) in [6, 6.07) is 0. The molecule has 0 saturated heterocycles. The molecule has 11 heavy (non-hydrogen) atoms. The van der Waals surface area contributed by atoms with E-state index in [-0.39, 0.29) is 0 Å². The molecule has 1 fully saturated rings. The smallest absolute Gasteiger partial charge is 0.0161 e. The van der Waals surface area contributed by atoms with Crippen LogP contribution in [0.3, 0.4) is 0 Å². The lowest BCUT2D eigenvalue weighted by atomic mass is 10.2. The molecule has 1 N–H and O–H groups in total. The zero-order valence-electron chi connectivity index (χ0n) is 7.69. The Balaban J connectivity index is 2.04. The molecule has 64 valence electrons. The minimum absolute atomic E-state index is 0.929. The van der Waals surface area contributed by atoms with E-state index in [9.17, 15) is 0 Å². The molecule has 1 saturated carbocycles. The van der Waals surface area contributed by atoms with Crippen LogP contribution in [0.15, 0.2) is 11.6 Å². The summed E-state index contributed by atoms with van der Waals surface area (Å²) in [4.78, 5) is 0. The Kier molecular flexibility index (Phi) is 3.64. The van der Waals surface area contributed by atoms with Gasteiger partial charge in [-0.1, -0.05) is 18.6 Å². The van der Waals surface area contributed by atoms with Crippen LogP contribution in [-0.4, -0.2) is 13.1 Å². The van der Waals surface area contributed by atoms with Gasteiger partial charge in [0.25, 0.3) is 0 Å². The van der Waals surface area contributed by atoms with Crippen molar-refractivity contribution in [2.45, 2.75) is 33.1 Å². The van der Waals surface area contributed by atoms with Gasteiger partial charge in [0.05, 0.1) is 0 Å². The van der Waals surface area contributed by atoms with Gasteiger partial charge < -0.3 is 5.32 Å². The first-order valence-corrected chi connectivity index (χ1v) is 4.71. The normalized spacial score (nSPS) is 18.9. The summed E-state index contributed by atoms with van der Waals surface area (Å²) in [7, 11) is 0. The van der Waals surface area contributed by atoms with Crippen molar-refractivity contribution in [3.05, 3.63) is 11.6 Å². The molecule has 1 rings (SSSR count). The van der Waals surface area contributed by atoms with Gasteiger partial charge in [0.1, 0.15) is 0 Å². The molecule has 0 aromatic carbocycles. The van der Waals surface area contributed by atoms with Gasteiger partial charge >= 0.3 is 0 Å². The molecular weight excluding hydrogens is 134 g/mol. The van der Waals surface area contributed by atoms with Crippen molar-refractivity contribution in [3.63, 3.8) is 0 Å². The van der Waals surface area contributed by atoms with Crippen LogP contribution in [0, 0.1) is 5.92 Å². The Hall–Kier alpha value is -0.300. The summed E-state index contributed by atoms with van der Waals surface area (Å²) in [5, 5.41) is 3.40. The van der Waals surface area contributed by atoms with Crippen LogP contribution in [0.5, 0.6) is 0 Å². The predicted octanol–water partition coefficient (Wildman–Crippen LogP) is 2.34. The van der Waals surface area contributed by atoms with E-state index in [1.807, 2.05) is 0 Å². The number of hydrogen-bond acceptors (Lipinski definition) is 1. The second-order valence-corrected chi connectivity index (χ2v) is 3.53. The summed E-state index contributed by atoms with van der Waals surface area (Å²) in [5.74, 6) is 0.929. The van der Waals surface area contributed by atoms with Crippen LogP contribution >= 0.6 is 0 Å². The van der Waals surface area contributed by atoms with Gasteiger partial charge in [-0.15, -0.1) is 0 Å². The summed E-state index contributed by atoms with van der Waals surface area (Å²) in [5.41, 5.74) is 1.51. The standard InChI is InChI=1S/C10H19N/c1-3-6-11-8-9(2)7-10-4-5-10/h7,10-11H,3-6,8H2,1-2H3. The molecule has 0 aromatic rings. The summed E-state index contributed by atoms with van der Waals surface area (Å²) in [6.07, 6.45) is 6.50. The first-order valence-electron chi connectivity index (χ1n) is 4.71. The van der Waals surface area contributed by atoms with Gasteiger partial charge in [0.2, 0.25) is 0 Å². The highest BCUT2D eigenvalue weighted by atomic mass is 14.8. The quantitative estimate of drug-likeness (QED) is 0.472. The molecule has 1 heteroatoms. The van der Waals surface area contributed by atoms with Crippen molar-refractivity contribution in [2.75, 3.05) is 13.1 Å². The zero-order valence-corrected chi connectivity index (χ0v) is 7.69. The first kappa shape index (κ1) is 8.79. The first-order chi connectivity index (χ1) is 5.33. The van der Waals surface area contributed by atoms with Gasteiger partial charge in [-0.2, -0.15) is 0 Å². The fourth-order valence-corrected chi connectivity index (χ4v) is 1.19. The lowest BCUT2D eigenvalue weighted by molar-refractivity contribution is 0.711. The van der Waals surface area contributed by atoms with E-state index in [4.69, 9.17) is 0 Å². The molecule has 1 aliphatic rings. The van der Waals surface area contributed by atoms with Crippen molar-refractivity contribution in [1.29, 1.82) is 0 Å². The SMILES string of the molecule is CCCNCC(C)=CC1CC1. The molecule has 1 aliphatic carbocycles. The van der Waals surface area contributed by atoms with Crippen molar-refractivity contribution in [1.82, 2.24) is 5.32 Å². The highest BCUT2D eigenvalue weighted by Gasteiger charge is 2.17. The third-order valence-electron chi connectivity index (χ3n) is 1.97. The Bertz CT molecular complexity index is 134. The Labute approximate surface area is 69.9 Å². The Morgan fingerprint density at radius 2 is 2.27 bits per heavy atom. The van der Waals surface area contributed by atoms with E-state index in [2.05, 4.69) is 25.2 Å². The van der Waals surface area contributed by atoms with Crippen molar-refractivity contribution < 1.29 is 0 Å². The number of allylic oxidation sites excluding steroid dienone is 1. The molecule has 1 nitrogen and oxygen atoms in total. The Morgan fingerprint density at radius 3 is 2.82 bits per heavy atom. The fourth-order valence-electron chi connectivity index (χ4n) is 1.19. The van der Waals surface area contributed by atoms with Crippen LogP contribution in [0.2, 0.25) is 0 Å². The fraction of sp³-hybridized carbons (Fsp3) is 0.800. The molecule has 0 atom stereocenters. The van der Waals surface area contributed by atoms with Crippen LogP contribution < -0.4 is 5.32 Å². The maximum Gasteiger partial charge on any atom is 0.0161 e. The molecule has 0 spiro atoms. The van der Waals surface area contributed by atoms with Crippen LogP contribution in [-0.2, 0) is 0 Å². The molecule has 0 unspecified atom stereocenters. The second kappa shape index (κ2) is 4.55. The van der Waals surface area contributed by atoms with E-state index in [1.165, 1.54) is 24.8 Å². The van der Waals surface area contributed by atoms with Gasteiger partial charge in [-0.05, 0) is 38.6 Å². The second-order valence-electron chi connectivity index (χ2n) is 3.53. The van der Waals surface area contributed by atoms with Crippen molar-refractivity contribution >= 4 is 0 Å². The highest BCUT2D eigenvalue weighted by Crippen LogP contribution is 2.31.